The molecule has 0 atom stereocenters. The van der Waals surface area contributed by atoms with E-state index in [0.29, 0.717) is 5.56 Å². The molecule has 92 valence electrons. The summed E-state index contributed by atoms with van der Waals surface area (Å²) in [7, 11) is 0. The molecular weight excluding hydrogens is 236 g/mol. The number of hydrogen-bond acceptors (Lipinski definition) is 5. The molecule has 18 heavy (non-hydrogen) atoms. The standard InChI is InChI=1S/C11H10N4O3/c1-6-2-4-7(5-3-6)9(17)13-11-15-14-10(18-11)8(12)16/h2-5H,1H3,(H2,12,16)(H,13,15,17). The number of amides is 2. The molecule has 0 spiro atoms. The predicted octanol–water partition coefficient (Wildman–Crippen LogP) is 0.729. The second-order valence-electron chi connectivity index (χ2n) is 3.60. The highest BCUT2D eigenvalue weighted by molar-refractivity contribution is 6.03. The number of nitrogens with two attached hydrogens (primary N) is 1. The van der Waals surface area contributed by atoms with Crippen molar-refractivity contribution >= 4 is 17.8 Å². The van der Waals surface area contributed by atoms with Crippen molar-refractivity contribution in [3.8, 4) is 0 Å². The Labute approximate surface area is 102 Å². The minimum absolute atomic E-state index is 0.172. The van der Waals surface area contributed by atoms with E-state index in [1.54, 1.807) is 24.3 Å². The SMILES string of the molecule is Cc1ccc(C(=O)Nc2nnc(C(N)=O)o2)cc1. The number of aryl methyl sites for hydroxylation is 1. The summed E-state index contributed by atoms with van der Waals surface area (Å²) >= 11 is 0. The maximum atomic E-state index is 11.7. The Kier molecular flexibility index (Phi) is 3.05. The molecule has 0 fully saturated rings. The van der Waals surface area contributed by atoms with Crippen molar-refractivity contribution < 1.29 is 14.0 Å². The van der Waals surface area contributed by atoms with Crippen LogP contribution >= 0.6 is 0 Å². The van der Waals surface area contributed by atoms with Gasteiger partial charge in [0.2, 0.25) is 0 Å². The molecule has 1 aromatic carbocycles. The smallest absolute Gasteiger partial charge is 0.322 e. The van der Waals surface area contributed by atoms with Crippen LogP contribution in [-0.2, 0) is 0 Å². The van der Waals surface area contributed by atoms with Gasteiger partial charge in [0.1, 0.15) is 0 Å². The molecule has 0 saturated carbocycles. The van der Waals surface area contributed by atoms with Crippen LogP contribution in [0.3, 0.4) is 0 Å². The Morgan fingerprint density at radius 3 is 2.44 bits per heavy atom. The molecule has 0 radical (unpaired) electrons. The van der Waals surface area contributed by atoms with Gasteiger partial charge in [-0.05, 0) is 19.1 Å². The van der Waals surface area contributed by atoms with E-state index in [-0.39, 0.29) is 11.9 Å². The lowest BCUT2D eigenvalue weighted by molar-refractivity contribution is 0.0963. The minimum Gasteiger partial charge on any atom is -0.399 e. The number of nitrogens with one attached hydrogen (secondary N) is 1. The first kappa shape index (κ1) is 11.8. The average Bonchev–Trinajstić information content (AvgIpc) is 2.78. The second kappa shape index (κ2) is 4.66. The van der Waals surface area contributed by atoms with E-state index in [4.69, 9.17) is 10.2 Å². The van der Waals surface area contributed by atoms with Crippen molar-refractivity contribution in [2.24, 2.45) is 5.73 Å². The topological polar surface area (TPSA) is 111 Å². The van der Waals surface area contributed by atoms with E-state index >= 15 is 0 Å². The van der Waals surface area contributed by atoms with Crippen LogP contribution in [0.15, 0.2) is 28.7 Å². The maximum absolute atomic E-state index is 11.7. The van der Waals surface area contributed by atoms with E-state index in [9.17, 15) is 9.59 Å². The van der Waals surface area contributed by atoms with E-state index < -0.39 is 11.8 Å². The molecule has 3 N–H and O–H groups in total. The molecule has 0 aliphatic rings. The van der Waals surface area contributed by atoms with Crippen molar-refractivity contribution in [2.45, 2.75) is 6.92 Å². The van der Waals surface area contributed by atoms with Gasteiger partial charge >= 0.3 is 17.8 Å². The van der Waals surface area contributed by atoms with Gasteiger partial charge in [0.05, 0.1) is 0 Å². The zero-order chi connectivity index (χ0) is 13.1. The maximum Gasteiger partial charge on any atom is 0.322 e. The summed E-state index contributed by atoms with van der Waals surface area (Å²) in [4.78, 5) is 22.5. The Balaban J connectivity index is 2.11. The highest BCUT2D eigenvalue weighted by Gasteiger charge is 2.14. The number of hydrogen-bond donors (Lipinski definition) is 2. The number of anilines is 1. The van der Waals surface area contributed by atoms with Gasteiger partial charge < -0.3 is 10.2 Å². The van der Waals surface area contributed by atoms with Gasteiger partial charge in [-0.25, -0.2) is 0 Å². The predicted molar refractivity (Wildman–Crippen MR) is 61.9 cm³/mol. The van der Waals surface area contributed by atoms with Crippen LogP contribution in [0, 0.1) is 6.92 Å². The fraction of sp³-hybridized carbons (Fsp3) is 0.0909. The Morgan fingerprint density at radius 2 is 1.89 bits per heavy atom. The first-order valence-corrected chi connectivity index (χ1v) is 5.07. The molecular formula is C11H10N4O3. The van der Waals surface area contributed by atoms with E-state index in [0.717, 1.165) is 5.56 Å². The summed E-state index contributed by atoms with van der Waals surface area (Å²) in [5, 5.41) is 9.21. The summed E-state index contributed by atoms with van der Waals surface area (Å²) in [5.74, 6) is -1.61. The van der Waals surface area contributed by atoms with Gasteiger partial charge in [-0.3, -0.25) is 14.9 Å². The molecule has 7 heteroatoms. The molecule has 7 nitrogen and oxygen atoms in total. The largest absolute Gasteiger partial charge is 0.399 e. The molecule has 2 rings (SSSR count). The van der Waals surface area contributed by atoms with Crippen molar-refractivity contribution in [1.29, 1.82) is 0 Å². The number of primary amides is 1. The third kappa shape index (κ3) is 2.51. The Hall–Kier alpha value is -2.70. The average molecular weight is 246 g/mol. The van der Waals surface area contributed by atoms with Gasteiger partial charge in [0.15, 0.2) is 0 Å². The van der Waals surface area contributed by atoms with E-state index in [1.165, 1.54) is 0 Å². The summed E-state index contributed by atoms with van der Waals surface area (Å²) in [5.41, 5.74) is 6.42. The van der Waals surface area contributed by atoms with Crippen LogP contribution in [0.4, 0.5) is 6.01 Å². The monoisotopic (exact) mass is 246 g/mol. The lowest BCUT2D eigenvalue weighted by atomic mass is 10.1. The van der Waals surface area contributed by atoms with Crippen molar-refractivity contribution in [3.05, 3.63) is 41.3 Å². The number of carbonyl (C=O) groups is 2. The number of benzene rings is 1. The zero-order valence-corrected chi connectivity index (χ0v) is 9.51. The Bertz CT molecular complexity index is 589. The van der Waals surface area contributed by atoms with Crippen LogP contribution in [0.5, 0.6) is 0 Å². The van der Waals surface area contributed by atoms with E-state index in [1.807, 2.05) is 6.92 Å². The fourth-order valence-corrected chi connectivity index (χ4v) is 1.25. The lowest BCUT2D eigenvalue weighted by Gasteiger charge is -2.00. The molecule has 0 aliphatic carbocycles. The summed E-state index contributed by atoms with van der Waals surface area (Å²) in [6.45, 7) is 1.92. The molecule has 1 heterocycles. The first-order valence-electron chi connectivity index (χ1n) is 5.07. The van der Waals surface area contributed by atoms with Crippen LogP contribution in [0.1, 0.15) is 26.6 Å². The molecule has 0 saturated heterocycles. The molecule has 0 unspecified atom stereocenters. The third-order valence-electron chi connectivity index (χ3n) is 2.17. The van der Waals surface area contributed by atoms with Gasteiger partial charge in [-0.1, -0.05) is 22.8 Å². The van der Waals surface area contributed by atoms with Crippen molar-refractivity contribution in [1.82, 2.24) is 10.2 Å². The summed E-state index contributed by atoms with van der Waals surface area (Å²) < 4.78 is 4.83. The van der Waals surface area contributed by atoms with Crippen LogP contribution < -0.4 is 11.1 Å². The number of aromatic nitrogens is 2. The lowest BCUT2D eigenvalue weighted by Crippen LogP contribution is -2.12. The van der Waals surface area contributed by atoms with Gasteiger partial charge in [-0.15, -0.1) is 5.10 Å². The molecule has 0 bridgehead atoms. The van der Waals surface area contributed by atoms with Crippen molar-refractivity contribution in [2.75, 3.05) is 5.32 Å². The van der Waals surface area contributed by atoms with E-state index in [2.05, 4.69) is 15.5 Å². The quantitative estimate of drug-likeness (QED) is 0.829. The normalized spacial score (nSPS) is 10.1. The van der Waals surface area contributed by atoms with Crippen LogP contribution in [0.25, 0.3) is 0 Å². The van der Waals surface area contributed by atoms with Crippen LogP contribution in [0.2, 0.25) is 0 Å². The summed E-state index contributed by atoms with van der Waals surface area (Å²) in [6, 6.07) is 6.76. The molecule has 0 aliphatic heterocycles. The highest BCUT2D eigenvalue weighted by Crippen LogP contribution is 2.08. The van der Waals surface area contributed by atoms with Crippen molar-refractivity contribution in [3.63, 3.8) is 0 Å². The number of nitrogens with zero attached hydrogens (tertiary/aromatic N) is 2. The second-order valence-corrected chi connectivity index (χ2v) is 3.60. The number of rotatable bonds is 3. The molecule has 1 aromatic heterocycles. The highest BCUT2D eigenvalue weighted by atomic mass is 16.4. The minimum atomic E-state index is -0.849. The van der Waals surface area contributed by atoms with Crippen LogP contribution in [-0.4, -0.2) is 22.0 Å². The Morgan fingerprint density at radius 1 is 1.22 bits per heavy atom. The zero-order valence-electron chi connectivity index (χ0n) is 9.51. The first-order chi connectivity index (χ1) is 8.56. The number of carbonyl (C=O) groups excluding carboxylic acids is 2. The van der Waals surface area contributed by atoms with Gasteiger partial charge in [-0.2, -0.15) is 0 Å². The third-order valence-corrected chi connectivity index (χ3v) is 2.17. The summed E-state index contributed by atoms with van der Waals surface area (Å²) in [6.07, 6.45) is 0. The molecule has 2 amide bonds. The fourth-order valence-electron chi connectivity index (χ4n) is 1.25. The van der Waals surface area contributed by atoms with Gasteiger partial charge in [0.25, 0.3) is 5.91 Å². The van der Waals surface area contributed by atoms with Gasteiger partial charge in [0, 0.05) is 5.56 Å². The molecule has 2 aromatic rings.